The van der Waals surface area contributed by atoms with Crippen LogP contribution in [0.4, 0.5) is 17.6 Å². The summed E-state index contributed by atoms with van der Waals surface area (Å²) in [5.74, 6) is 0.0594. The van der Waals surface area contributed by atoms with E-state index in [0.717, 1.165) is 12.1 Å². The monoisotopic (exact) mass is 287 g/mol. The highest BCUT2D eigenvalue weighted by molar-refractivity contribution is 5.85. The van der Waals surface area contributed by atoms with E-state index in [1.807, 2.05) is 0 Å². The highest BCUT2D eigenvalue weighted by Crippen LogP contribution is 2.34. The first-order chi connectivity index (χ1) is 7.88. The standard InChI is InChI=1S/C11H13F4NO.ClH/c1-17-9-5-7(10(16)2-3-12)4-8(6-9)11(13,14)15;/h4-6,10H,2-3,16H2,1H3;1H/t10-;/m0./s1. The van der Waals surface area contributed by atoms with Crippen LogP contribution in [0.25, 0.3) is 0 Å². The first kappa shape index (κ1) is 17.0. The SMILES string of the molecule is COc1cc([C@@H](N)CCF)cc(C(F)(F)F)c1.Cl. The second-order valence-electron chi connectivity index (χ2n) is 3.58. The van der Waals surface area contributed by atoms with E-state index >= 15 is 0 Å². The molecule has 1 rings (SSSR count). The molecule has 0 fully saturated rings. The van der Waals surface area contributed by atoms with Crippen LogP contribution in [0.5, 0.6) is 5.75 Å². The molecule has 1 aromatic rings. The molecule has 0 amide bonds. The summed E-state index contributed by atoms with van der Waals surface area (Å²) in [7, 11) is 1.26. The summed E-state index contributed by atoms with van der Waals surface area (Å²) < 4.78 is 54.6. The van der Waals surface area contributed by atoms with E-state index in [2.05, 4.69) is 0 Å². The zero-order valence-corrected chi connectivity index (χ0v) is 10.4. The van der Waals surface area contributed by atoms with Crippen molar-refractivity contribution in [3.8, 4) is 5.75 Å². The van der Waals surface area contributed by atoms with Gasteiger partial charge < -0.3 is 10.5 Å². The van der Waals surface area contributed by atoms with Crippen LogP contribution in [0.15, 0.2) is 18.2 Å². The van der Waals surface area contributed by atoms with Crippen LogP contribution < -0.4 is 10.5 Å². The van der Waals surface area contributed by atoms with Crippen LogP contribution in [0.3, 0.4) is 0 Å². The molecule has 0 aliphatic heterocycles. The van der Waals surface area contributed by atoms with E-state index in [0.29, 0.717) is 0 Å². The number of nitrogens with two attached hydrogens (primary N) is 1. The van der Waals surface area contributed by atoms with Crippen molar-refractivity contribution in [3.63, 3.8) is 0 Å². The van der Waals surface area contributed by atoms with E-state index in [1.54, 1.807) is 0 Å². The molecule has 1 aromatic carbocycles. The van der Waals surface area contributed by atoms with Gasteiger partial charge in [-0.3, -0.25) is 4.39 Å². The maximum absolute atomic E-state index is 12.6. The van der Waals surface area contributed by atoms with Gasteiger partial charge >= 0.3 is 6.18 Å². The molecule has 0 saturated carbocycles. The predicted octanol–water partition coefficient (Wildman–Crippen LogP) is 3.50. The van der Waals surface area contributed by atoms with Gasteiger partial charge in [-0.25, -0.2) is 0 Å². The van der Waals surface area contributed by atoms with E-state index < -0.39 is 24.5 Å². The fourth-order valence-corrected chi connectivity index (χ4v) is 1.40. The third kappa shape index (κ3) is 4.34. The number of alkyl halides is 4. The lowest BCUT2D eigenvalue weighted by atomic mass is 10.0. The van der Waals surface area contributed by atoms with Crippen molar-refractivity contribution in [1.29, 1.82) is 0 Å². The number of hydrogen-bond acceptors (Lipinski definition) is 2. The molecule has 0 unspecified atom stereocenters. The van der Waals surface area contributed by atoms with Gasteiger partial charge in [0, 0.05) is 6.04 Å². The van der Waals surface area contributed by atoms with Gasteiger partial charge in [-0.05, 0) is 30.2 Å². The van der Waals surface area contributed by atoms with Crippen molar-refractivity contribution in [2.24, 2.45) is 5.73 Å². The van der Waals surface area contributed by atoms with Crippen LogP contribution in [0, 0.1) is 0 Å². The molecule has 0 aliphatic carbocycles. The molecule has 0 heterocycles. The van der Waals surface area contributed by atoms with E-state index in [4.69, 9.17) is 10.5 Å². The Labute approximate surface area is 109 Å². The molecule has 18 heavy (non-hydrogen) atoms. The Hall–Kier alpha value is -1.01. The summed E-state index contributed by atoms with van der Waals surface area (Å²) in [6, 6.07) is 2.42. The molecule has 1 atom stereocenters. The normalized spacial score (nSPS) is 12.8. The second-order valence-corrected chi connectivity index (χ2v) is 3.58. The van der Waals surface area contributed by atoms with Crippen molar-refractivity contribution in [2.75, 3.05) is 13.8 Å². The van der Waals surface area contributed by atoms with E-state index in [-0.39, 0.29) is 30.1 Å². The van der Waals surface area contributed by atoms with Gasteiger partial charge in [0.05, 0.1) is 19.3 Å². The summed E-state index contributed by atoms with van der Waals surface area (Å²) in [5, 5.41) is 0. The summed E-state index contributed by atoms with van der Waals surface area (Å²) in [6.07, 6.45) is -4.50. The van der Waals surface area contributed by atoms with Gasteiger partial charge in [-0.15, -0.1) is 12.4 Å². The molecular formula is C11H14ClF4NO. The maximum atomic E-state index is 12.6. The van der Waals surface area contributed by atoms with Crippen molar-refractivity contribution >= 4 is 12.4 Å². The molecule has 0 saturated heterocycles. The lowest BCUT2D eigenvalue weighted by Crippen LogP contribution is -2.13. The number of ether oxygens (including phenoxy) is 1. The number of methoxy groups -OCH3 is 1. The van der Waals surface area contributed by atoms with Crippen molar-refractivity contribution < 1.29 is 22.3 Å². The van der Waals surface area contributed by atoms with Gasteiger partial charge in [-0.1, -0.05) is 0 Å². The van der Waals surface area contributed by atoms with Crippen molar-refractivity contribution in [2.45, 2.75) is 18.6 Å². The smallest absolute Gasteiger partial charge is 0.416 e. The zero-order valence-electron chi connectivity index (χ0n) is 9.63. The zero-order chi connectivity index (χ0) is 13.1. The molecule has 7 heteroatoms. The fraction of sp³-hybridized carbons (Fsp3) is 0.455. The topological polar surface area (TPSA) is 35.2 Å². The van der Waals surface area contributed by atoms with Crippen molar-refractivity contribution in [3.05, 3.63) is 29.3 Å². The third-order valence-electron chi connectivity index (χ3n) is 2.34. The van der Waals surface area contributed by atoms with Gasteiger partial charge in [0.1, 0.15) is 5.75 Å². The highest BCUT2D eigenvalue weighted by atomic mass is 35.5. The molecule has 0 aliphatic rings. The molecule has 0 aromatic heterocycles. The Morgan fingerprint density at radius 3 is 2.33 bits per heavy atom. The Balaban J connectivity index is 0.00000289. The third-order valence-corrected chi connectivity index (χ3v) is 2.34. The average Bonchev–Trinajstić information content (AvgIpc) is 2.27. The Morgan fingerprint density at radius 1 is 1.28 bits per heavy atom. The van der Waals surface area contributed by atoms with Crippen molar-refractivity contribution in [1.82, 2.24) is 0 Å². The van der Waals surface area contributed by atoms with Crippen LogP contribution in [-0.4, -0.2) is 13.8 Å². The minimum absolute atomic E-state index is 0. The van der Waals surface area contributed by atoms with Gasteiger partial charge in [-0.2, -0.15) is 13.2 Å². The quantitative estimate of drug-likeness (QED) is 0.860. The number of rotatable bonds is 4. The largest absolute Gasteiger partial charge is 0.497 e. The first-order valence-electron chi connectivity index (χ1n) is 4.96. The minimum Gasteiger partial charge on any atom is -0.497 e. The number of benzene rings is 1. The number of hydrogen-bond donors (Lipinski definition) is 1. The maximum Gasteiger partial charge on any atom is 0.416 e. The molecule has 2 N–H and O–H groups in total. The first-order valence-corrected chi connectivity index (χ1v) is 4.96. The summed E-state index contributed by atoms with van der Waals surface area (Å²) >= 11 is 0. The summed E-state index contributed by atoms with van der Waals surface area (Å²) in [4.78, 5) is 0. The minimum atomic E-state index is -4.47. The summed E-state index contributed by atoms with van der Waals surface area (Å²) in [5.41, 5.74) is 4.95. The molecule has 0 radical (unpaired) electrons. The van der Waals surface area contributed by atoms with Crippen LogP contribution in [0.2, 0.25) is 0 Å². The Kier molecular flexibility index (Phi) is 6.42. The van der Waals surface area contributed by atoms with E-state index in [1.165, 1.54) is 13.2 Å². The predicted molar refractivity (Wildman–Crippen MR) is 62.8 cm³/mol. The van der Waals surface area contributed by atoms with Crippen LogP contribution in [-0.2, 0) is 6.18 Å². The summed E-state index contributed by atoms with van der Waals surface area (Å²) in [6.45, 7) is -0.681. The molecular weight excluding hydrogens is 274 g/mol. The van der Waals surface area contributed by atoms with Crippen LogP contribution in [0.1, 0.15) is 23.6 Å². The number of halogens is 5. The van der Waals surface area contributed by atoms with E-state index in [9.17, 15) is 17.6 Å². The van der Waals surface area contributed by atoms with Gasteiger partial charge in [0.25, 0.3) is 0 Å². The molecule has 0 bridgehead atoms. The fourth-order valence-electron chi connectivity index (χ4n) is 1.40. The lowest BCUT2D eigenvalue weighted by Gasteiger charge is -2.15. The van der Waals surface area contributed by atoms with Crippen LogP contribution >= 0.6 is 12.4 Å². The highest BCUT2D eigenvalue weighted by Gasteiger charge is 2.31. The second kappa shape index (κ2) is 6.80. The molecule has 104 valence electrons. The molecule has 2 nitrogen and oxygen atoms in total. The van der Waals surface area contributed by atoms with Gasteiger partial charge in [0.15, 0.2) is 0 Å². The average molecular weight is 288 g/mol. The lowest BCUT2D eigenvalue weighted by molar-refractivity contribution is -0.137. The van der Waals surface area contributed by atoms with Gasteiger partial charge in [0.2, 0.25) is 0 Å². The Bertz CT molecular complexity index is 384. The Morgan fingerprint density at radius 2 is 1.89 bits per heavy atom. The molecule has 0 spiro atoms.